The minimum Gasteiger partial charge on any atom is -0.508 e. The Hall–Kier alpha value is -4.00. The number of aliphatic hydroxyl groups is 2. The zero-order valence-corrected chi connectivity index (χ0v) is 19.3. The van der Waals surface area contributed by atoms with E-state index in [0.29, 0.717) is 11.1 Å². The molecule has 0 aromatic heterocycles. The number of phenolic OH excluding ortho intramolecular Hbond substituents is 1. The summed E-state index contributed by atoms with van der Waals surface area (Å²) in [6.07, 6.45) is -0.0893. The van der Waals surface area contributed by atoms with E-state index >= 15 is 0 Å². The zero-order valence-electron chi connectivity index (χ0n) is 19.3. The first-order chi connectivity index (χ1) is 17.1. The fourth-order valence-electron chi connectivity index (χ4n) is 3.23. The van der Waals surface area contributed by atoms with E-state index in [-0.39, 0.29) is 18.6 Å². The molecular formula is C24H30N4O8. The molecule has 4 atom stereocenters. The monoisotopic (exact) mass is 502 g/mol. The van der Waals surface area contributed by atoms with E-state index in [1.54, 1.807) is 30.3 Å². The molecule has 0 aliphatic carbocycles. The molecule has 0 spiro atoms. The molecular weight excluding hydrogens is 472 g/mol. The van der Waals surface area contributed by atoms with Gasteiger partial charge in [-0.3, -0.25) is 14.4 Å². The molecule has 2 aromatic rings. The maximum atomic E-state index is 13.1. The molecule has 0 heterocycles. The second kappa shape index (κ2) is 13.8. The van der Waals surface area contributed by atoms with Crippen LogP contribution in [0.3, 0.4) is 0 Å². The Bertz CT molecular complexity index is 1030. The van der Waals surface area contributed by atoms with Crippen molar-refractivity contribution in [3.05, 3.63) is 65.7 Å². The van der Waals surface area contributed by atoms with Crippen LogP contribution in [0, 0.1) is 0 Å². The van der Waals surface area contributed by atoms with Gasteiger partial charge in [0.25, 0.3) is 0 Å². The lowest BCUT2D eigenvalue weighted by Crippen LogP contribution is -2.59. The van der Waals surface area contributed by atoms with Gasteiger partial charge in [0.2, 0.25) is 17.7 Å². The summed E-state index contributed by atoms with van der Waals surface area (Å²) in [6, 6.07) is 9.09. The molecule has 0 saturated carbocycles. The molecule has 0 fully saturated rings. The second-order valence-electron chi connectivity index (χ2n) is 8.05. The van der Waals surface area contributed by atoms with Crippen LogP contribution < -0.4 is 21.7 Å². The van der Waals surface area contributed by atoms with Crippen molar-refractivity contribution in [2.24, 2.45) is 5.73 Å². The van der Waals surface area contributed by atoms with Crippen molar-refractivity contribution in [2.75, 3.05) is 13.2 Å². The lowest BCUT2D eigenvalue weighted by Gasteiger charge is -2.24. The number of rotatable bonds is 13. The fourth-order valence-corrected chi connectivity index (χ4v) is 3.23. The number of nitrogens with two attached hydrogens (primary N) is 1. The number of aliphatic hydroxyl groups excluding tert-OH is 2. The summed E-state index contributed by atoms with van der Waals surface area (Å²) in [6.45, 7) is -1.49. The van der Waals surface area contributed by atoms with Crippen molar-refractivity contribution < 1.29 is 39.6 Å². The molecule has 4 unspecified atom stereocenters. The van der Waals surface area contributed by atoms with Crippen molar-refractivity contribution in [3.63, 3.8) is 0 Å². The molecule has 2 rings (SSSR count). The highest BCUT2D eigenvalue weighted by atomic mass is 16.4. The smallest absolute Gasteiger partial charge is 0.326 e. The van der Waals surface area contributed by atoms with Crippen LogP contribution in [-0.4, -0.2) is 81.5 Å². The molecule has 12 nitrogen and oxygen atoms in total. The van der Waals surface area contributed by atoms with Crippen LogP contribution in [0.25, 0.3) is 0 Å². The van der Waals surface area contributed by atoms with Crippen molar-refractivity contribution in [2.45, 2.75) is 37.0 Å². The highest BCUT2D eigenvalue weighted by Crippen LogP contribution is 2.12. The van der Waals surface area contributed by atoms with Crippen LogP contribution in [-0.2, 0) is 32.0 Å². The van der Waals surface area contributed by atoms with Gasteiger partial charge in [0, 0.05) is 12.8 Å². The summed E-state index contributed by atoms with van der Waals surface area (Å²) < 4.78 is 0. The molecule has 12 heteroatoms. The van der Waals surface area contributed by atoms with E-state index in [9.17, 15) is 34.5 Å². The summed E-state index contributed by atoms with van der Waals surface area (Å²) in [5.41, 5.74) is 6.63. The van der Waals surface area contributed by atoms with Crippen LogP contribution in [0.4, 0.5) is 0 Å². The van der Waals surface area contributed by atoms with Gasteiger partial charge in [-0.1, -0.05) is 42.5 Å². The van der Waals surface area contributed by atoms with Gasteiger partial charge in [0.15, 0.2) is 0 Å². The van der Waals surface area contributed by atoms with E-state index in [2.05, 4.69) is 16.0 Å². The molecule has 36 heavy (non-hydrogen) atoms. The Labute approximate surface area is 207 Å². The Morgan fingerprint density at radius 2 is 1.19 bits per heavy atom. The molecule has 0 bridgehead atoms. The largest absolute Gasteiger partial charge is 0.508 e. The van der Waals surface area contributed by atoms with Gasteiger partial charge >= 0.3 is 5.97 Å². The van der Waals surface area contributed by atoms with Crippen molar-refractivity contribution in [3.8, 4) is 5.75 Å². The minimum absolute atomic E-state index is 0.00534. The average Bonchev–Trinajstić information content (AvgIpc) is 2.87. The molecule has 3 amide bonds. The topological polar surface area (TPSA) is 211 Å². The quantitative estimate of drug-likeness (QED) is 0.152. The lowest BCUT2D eigenvalue weighted by molar-refractivity contribution is -0.142. The number of aliphatic carboxylic acids is 1. The first-order valence-corrected chi connectivity index (χ1v) is 11.1. The van der Waals surface area contributed by atoms with E-state index in [0.717, 1.165) is 0 Å². The lowest BCUT2D eigenvalue weighted by atomic mass is 10.0. The number of benzene rings is 2. The van der Waals surface area contributed by atoms with Gasteiger partial charge in [0.05, 0.1) is 13.2 Å². The highest BCUT2D eigenvalue weighted by molar-refractivity contribution is 5.94. The molecule has 9 N–H and O–H groups in total. The van der Waals surface area contributed by atoms with E-state index in [1.165, 1.54) is 24.3 Å². The fraction of sp³-hybridized carbons (Fsp3) is 0.333. The third-order valence-electron chi connectivity index (χ3n) is 5.26. The number of carbonyl (C=O) groups is 4. The van der Waals surface area contributed by atoms with Gasteiger partial charge in [-0.25, -0.2) is 4.79 Å². The number of aromatic hydroxyl groups is 1. The second-order valence-corrected chi connectivity index (χ2v) is 8.05. The molecule has 0 aliphatic rings. The van der Waals surface area contributed by atoms with Gasteiger partial charge < -0.3 is 42.1 Å². The summed E-state index contributed by atoms with van der Waals surface area (Å²) in [5, 5.41) is 44.7. The van der Waals surface area contributed by atoms with Gasteiger partial charge in [-0.2, -0.15) is 0 Å². The van der Waals surface area contributed by atoms with Crippen molar-refractivity contribution in [1.29, 1.82) is 0 Å². The van der Waals surface area contributed by atoms with Crippen molar-refractivity contribution >= 4 is 23.7 Å². The summed E-state index contributed by atoms with van der Waals surface area (Å²) in [5.74, 6) is -3.88. The zero-order chi connectivity index (χ0) is 26.7. The number of carboxylic acids is 1. The maximum absolute atomic E-state index is 13.1. The number of carbonyl (C=O) groups excluding carboxylic acids is 3. The third-order valence-corrected chi connectivity index (χ3v) is 5.26. The number of hydrogen-bond donors (Lipinski definition) is 8. The Kier molecular flexibility index (Phi) is 10.8. The van der Waals surface area contributed by atoms with Crippen LogP contribution in [0.1, 0.15) is 11.1 Å². The summed E-state index contributed by atoms with van der Waals surface area (Å²) in [4.78, 5) is 49.6. The van der Waals surface area contributed by atoms with Crippen LogP contribution in [0.15, 0.2) is 54.6 Å². The summed E-state index contributed by atoms with van der Waals surface area (Å²) >= 11 is 0. The Balaban J connectivity index is 2.19. The van der Waals surface area contributed by atoms with Crippen molar-refractivity contribution in [1.82, 2.24) is 16.0 Å². The number of nitrogens with one attached hydrogen (secondary N) is 3. The van der Waals surface area contributed by atoms with E-state index < -0.39 is 61.1 Å². The predicted molar refractivity (Wildman–Crippen MR) is 128 cm³/mol. The molecule has 194 valence electrons. The van der Waals surface area contributed by atoms with E-state index in [1.807, 2.05) is 0 Å². The summed E-state index contributed by atoms with van der Waals surface area (Å²) in [7, 11) is 0. The third kappa shape index (κ3) is 8.65. The van der Waals surface area contributed by atoms with Gasteiger partial charge in [-0.05, 0) is 23.3 Å². The number of hydrogen-bond acceptors (Lipinski definition) is 8. The number of amides is 3. The normalized spacial score (nSPS) is 14.1. The standard InChI is InChI=1S/C24H30N4O8/c25-17(12-29)21(32)28-20(13-30)23(34)26-18(10-14-4-2-1-3-5-14)22(33)27-19(24(35)36)11-15-6-8-16(31)9-7-15/h1-9,17-20,29-31H,10-13,25H2,(H,26,34)(H,27,33)(H,28,32)(H,35,36). The maximum Gasteiger partial charge on any atom is 0.326 e. The highest BCUT2D eigenvalue weighted by Gasteiger charge is 2.30. The Morgan fingerprint density at radius 1 is 0.694 bits per heavy atom. The molecule has 0 saturated heterocycles. The van der Waals surface area contributed by atoms with Gasteiger partial charge in [0.1, 0.15) is 29.9 Å². The molecule has 2 aromatic carbocycles. The Morgan fingerprint density at radius 3 is 1.75 bits per heavy atom. The van der Waals surface area contributed by atoms with E-state index in [4.69, 9.17) is 10.8 Å². The average molecular weight is 503 g/mol. The number of carboxylic acid groups (broad SMARTS) is 1. The molecule has 0 radical (unpaired) electrons. The first-order valence-electron chi connectivity index (χ1n) is 11.1. The van der Waals surface area contributed by atoms with Crippen LogP contribution in [0.5, 0.6) is 5.75 Å². The molecule has 0 aliphatic heterocycles. The number of phenols is 1. The minimum atomic E-state index is -1.46. The predicted octanol–water partition coefficient (Wildman–Crippen LogP) is -1.97. The van der Waals surface area contributed by atoms with Crippen LogP contribution in [0.2, 0.25) is 0 Å². The first kappa shape index (κ1) is 28.2. The van der Waals surface area contributed by atoms with Gasteiger partial charge in [-0.15, -0.1) is 0 Å². The van der Waals surface area contributed by atoms with Crippen LogP contribution >= 0.6 is 0 Å². The SMILES string of the molecule is NC(CO)C(=O)NC(CO)C(=O)NC(Cc1ccccc1)C(=O)NC(Cc1ccc(O)cc1)C(=O)O.